The molecular formula is C24H18ClF5N4O2. The van der Waals surface area contributed by atoms with E-state index in [0.29, 0.717) is 32.0 Å². The Balaban J connectivity index is 1.63. The molecule has 1 aliphatic rings. The van der Waals surface area contributed by atoms with E-state index in [4.69, 9.17) is 17.3 Å². The summed E-state index contributed by atoms with van der Waals surface area (Å²) in [6, 6.07) is 5.79. The van der Waals surface area contributed by atoms with Crippen LogP contribution >= 0.6 is 11.6 Å². The monoisotopic (exact) mass is 524 g/mol. The van der Waals surface area contributed by atoms with Gasteiger partial charge < -0.3 is 16.0 Å². The van der Waals surface area contributed by atoms with E-state index in [-0.39, 0.29) is 33.1 Å². The third-order valence-electron chi connectivity index (χ3n) is 5.65. The lowest BCUT2D eigenvalue weighted by Gasteiger charge is -2.19. The molecule has 1 aromatic heterocycles. The molecule has 36 heavy (non-hydrogen) atoms. The summed E-state index contributed by atoms with van der Waals surface area (Å²) in [7, 11) is 0. The number of carbonyl (C=O) groups excluding carboxylic acids is 2. The first-order chi connectivity index (χ1) is 17.0. The van der Waals surface area contributed by atoms with Gasteiger partial charge >= 0.3 is 6.18 Å². The van der Waals surface area contributed by atoms with Gasteiger partial charge in [0.1, 0.15) is 17.3 Å². The van der Waals surface area contributed by atoms with Crippen molar-refractivity contribution in [2.45, 2.75) is 19.0 Å². The minimum Gasteiger partial charge on any atom is -0.398 e. The summed E-state index contributed by atoms with van der Waals surface area (Å²) < 4.78 is 69.2. The molecule has 0 spiro atoms. The summed E-state index contributed by atoms with van der Waals surface area (Å²) in [6.07, 6.45) is -2.64. The molecule has 2 aromatic carbocycles. The van der Waals surface area contributed by atoms with Crippen LogP contribution in [0.15, 0.2) is 42.6 Å². The Bertz CT molecular complexity index is 1360. The van der Waals surface area contributed by atoms with Crippen LogP contribution in [0.1, 0.15) is 39.3 Å². The van der Waals surface area contributed by atoms with Crippen molar-refractivity contribution in [2.24, 2.45) is 0 Å². The number of carbonyl (C=O) groups is 2. The fourth-order valence-electron chi connectivity index (χ4n) is 3.89. The van der Waals surface area contributed by atoms with Crippen molar-refractivity contribution < 1.29 is 31.5 Å². The van der Waals surface area contributed by atoms with Crippen molar-refractivity contribution in [2.75, 3.05) is 24.1 Å². The average Bonchev–Trinajstić information content (AvgIpc) is 3.34. The molecule has 2 amide bonds. The number of nitrogens with two attached hydrogens (primary N) is 1. The second-order valence-electron chi connectivity index (χ2n) is 8.11. The van der Waals surface area contributed by atoms with Crippen molar-refractivity contribution in [3.05, 3.63) is 76.1 Å². The van der Waals surface area contributed by atoms with E-state index in [1.807, 2.05) is 0 Å². The standard InChI is InChI=1S/C24H18ClF5N4O2/c25-18-9-15(14-4-3-12(26)7-20(14)31)19(27)10-16(18)22(35)33-13-8-17(24(28,29)30)21(32-11-13)23(36)34-5-1-2-6-34/h3-4,7-11H,1-2,5-6,31H2,(H,33,35). The Morgan fingerprint density at radius 1 is 1.03 bits per heavy atom. The van der Waals surface area contributed by atoms with E-state index >= 15 is 0 Å². The molecule has 12 heteroatoms. The zero-order chi connectivity index (χ0) is 26.2. The van der Waals surface area contributed by atoms with Gasteiger partial charge in [-0.1, -0.05) is 11.6 Å². The van der Waals surface area contributed by atoms with E-state index in [0.717, 1.165) is 30.5 Å². The van der Waals surface area contributed by atoms with E-state index in [1.165, 1.54) is 11.0 Å². The van der Waals surface area contributed by atoms with Crippen LogP contribution in [0.4, 0.5) is 33.3 Å². The quantitative estimate of drug-likeness (QED) is 0.335. The molecule has 2 heterocycles. The number of nitrogen functional groups attached to an aromatic ring is 1. The number of hydrogen-bond acceptors (Lipinski definition) is 4. The molecular weight excluding hydrogens is 507 g/mol. The molecule has 0 bridgehead atoms. The van der Waals surface area contributed by atoms with Crippen molar-refractivity contribution in [3.8, 4) is 11.1 Å². The summed E-state index contributed by atoms with van der Waals surface area (Å²) in [6.45, 7) is 0.667. The third kappa shape index (κ3) is 5.11. The highest BCUT2D eigenvalue weighted by Gasteiger charge is 2.38. The second kappa shape index (κ2) is 9.73. The van der Waals surface area contributed by atoms with Crippen LogP contribution in [0.25, 0.3) is 11.1 Å². The van der Waals surface area contributed by atoms with Crippen LogP contribution < -0.4 is 11.1 Å². The topological polar surface area (TPSA) is 88.3 Å². The van der Waals surface area contributed by atoms with Crippen LogP contribution in [0.2, 0.25) is 5.02 Å². The van der Waals surface area contributed by atoms with Crippen molar-refractivity contribution in [1.82, 2.24) is 9.88 Å². The molecule has 3 N–H and O–H groups in total. The summed E-state index contributed by atoms with van der Waals surface area (Å²) in [5.41, 5.74) is 2.91. The Labute approximate surface area is 206 Å². The van der Waals surface area contributed by atoms with Crippen molar-refractivity contribution >= 4 is 34.8 Å². The van der Waals surface area contributed by atoms with Gasteiger partial charge in [0.2, 0.25) is 0 Å². The lowest BCUT2D eigenvalue weighted by molar-refractivity contribution is -0.138. The Morgan fingerprint density at radius 3 is 2.36 bits per heavy atom. The van der Waals surface area contributed by atoms with Gasteiger partial charge in [-0.2, -0.15) is 13.2 Å². The summed E-state index contributed by atoms with van der Waals surface area (Å²) in [5.74, 6) is -3.40. The lowest BCUT2D eigenvalue weighted by atomic mass is 10.0. The predicted octanol–water partition coefficient (Wildman–Crippen LogP) is 5.77. The zero-order valence-corrected chi connectivity index (χ0v) is 19.2. The van der Waals surface area contributed by atoms with Crippen LogP contribution in [0, 0.1) is 11.6 Å². The number of halogens is 6. The number of alkyl halides is 3. The van der Waals surface area contributed by atoms with Crippen LogP contribution in [-0.2, 0) is 6.18 Å². The first-order valence-corrected chi connectivity index (χ1v) is 11.1. The number of likely N-dealkylation sites (tertiary alicyclic amines) is 1. The Kier molecular flexibility index (Phi) is 6.85. The number of aromatic nitrogens is 1. The minimum atomic E-state index is -4.92. The molecule has 1 aliphatic heterocycles. The molecule has 6 nitrogen and oxygen atoms in total. The van der Waals surface area contributed by atoms with Crippen molar-refractivity contribution in [1.29, 1.82) is 0 Å². The number of amides is 2. The van der Waals surface area contributed by atoms with Gasteiger partial charge in [-0.3, -0.25) is 9.59 Å². The number of benzene rings is 2. The van der Waals surface area contributed by atoms with Crippen LogP contribution in [-0.4, -0.2) is 34.8 Å². The maximum Gasteiger partial charge on any atom is 0.418 e. The fraction of sp³-hybridized carbons (Fsp3) is 0.208. The molecule has 0 radical (unpaired) electrons. The number of nitrogens with zero attached hydrogens (tertiary/aromatic N) is 2. The van der Waals surface area contributed by atoms with Gasteiger partial charge in [0.25, 0.3) is 11.8 Å². The molecule has 1 fully saturated rings. The molecule has 3 aromatic rings. The fourth-order valence-corrected chi connectivity index (χ4v) is 4.14. The Hall–Kier alpha value is -3.73. The van der Waals surface area contributed by atoms with Crippen LogP contribution in [0.3, 0.4) is 0 Å². The number of rotatable bonds is 4. The van der Waals surface area contributed by atoms with Crippen molar-refractivity contribution in [3.63, 3.8) is 0 Å². The van der Waals surface area contributed by atoms with Gasteiger partial charge in [0, 0.05) is 29.9 Å². The molecule has 188 valence electrons. The normalized spacial score (nSPS) is 13.7. The average molecular weight is 525 g/mol. The van der Waals surface area contributed by atoms with Gasteiger partial charge in [-0.25, -0.2) is 13.8 Å². The molecule has 0 unspecified atom stereocenters. The van der Waals surface area contributed by atoms with E-state index in [1.54, 1.807) is 0 Å². The lowest BCUT2D eigenvalue weighted by Crippen LogP contribution is -2.31. The van der Waals surface area contributed by atoms with E-state index in [9.17, 15) is 31.5 Å². The number of hydrogen-bond donors (Lipinski definition) is 2. The molecule has 0 atom stereocenters. The molecule has 4 rings (SSSR count). The smallest absolute Gasteiger partial charge is 0.398 e. The largest absolute Gasteiger partial charge is 0.418 e. The predicted molar refractivity (Wildman–Crippen MR) is 124 cm³/mol. The van der Waals surface area contributed by atoms with Gasteiger partial charge in [0.05, 0.1) is 28.0 Å². The van der Waals surface area contributed by atoms with E-state index < -0.39 is 40.9 Å². The Morgan fingerprint density at radius 2 is 1.72 bits per heavy atom. The summed E-state index contributed by atoms with van der Waals surface area (Å²) in [4.78, 5) is 30.2. The zero-order valence-electron chi connectivity index (χ0n) is 18.4. The first kappa shape index (κ1) is 25.4. The molecule has 0 saturated carbocycles. The second-order valence-corrected chi connectivity index (χ2v) is 8.52. The van der Waals surface area contributed by atoms with Gasteiger partial charge in [-0.15, -0.1) is 0 Å². The minimum absolute atomic E-state index is 0.0588. The number of anilines is 2. The van der Waals surface area contributed by atoms with Gasteiger partial charge in [-0.05, 0) is 49.2 Å². The van der Waals surface area contributed by atoms with Crippen LogP contribution in [0.5, 0.6) is 0 Å². The molecule has 1 saturated heterocycles. The highest BCUT2D eigenvalue weighted by molar-refractivity contribution is 6.34. The van der Waals surface area contributed by atoms with Gasteiger partial charge in [0.15, 0.2) is 0 Å². The maximum absolute atomic E-state index is 14.8. The molecule has 0 aliphatic carbocycles. The highest BCUT2D eigenvalue weighted by Crippen LogP contribution is 2.35. The third-order valence-corrected chi connectivity index (χ3v) is 5.96. The summed E-state index contributed by atoms with van der Waals surface area (Å²) >= 11 is 6.15. The SMILES string of the molecule is Nc1cc(F)ccc1-c1cc(Cl)c(C(=O)Nc2cnc(C(=O)N3CCCC3)c(C(F)(F)F)c2)cc1F. The summed E-state index contributed by atoms with van der Waals surface area (Å²) in [5, 5.41) is 1.98. The number of nitrogens with one attached hydrogen (secondary N) is 1. The first-order valence-electron chi connectivity index (χ1n) is 10.7. The van der Waals surface area contributed by atoms with E-state index in [2.05, 4.69) is 10.3 Å². The number of pyridine rings is 1. The highest BCUT2D eigenvalue weighted by atomic mass is 35.5. The maximum atomic E-state index is 14.8.